The van der Waals surface area contributed by atoms with Crippen LogP contribution in [0.25, 0.3) is 0 Å². The molecule has 9 nitrogen and oxygen atoms in total. The van der Waals surface area contributed by atoms with Crippen molar-refractivity contribution in [3.63, 3.8) is 0 Å². The van der Waals surface area contributed by atoms with Crippen LogP contribution in [0.4, 0.5) is 10.5 Å². The van der Waals surface area contributed by atoms with Gasteiger partial charge in [-0.15, -0.1) is 0 Å². The summed E-state index contributed by atoms with van der Waals surface area (Å²) in [5.41, 5.74) is 0.439. The number of nitrogens with zero attached hydrogens (tertiary/aromatic N) is 3. The molecule has 0 bridgehead atoms. The summed E-state index contributed by atoms with van der Waals surface area (Å²) in [6.45, 7) is 5.17. The van der Waals surface area contributed by atoms with Gasteiger partial charge in [0.05, 0.1) is 17.9 Å². The van der Waals surface area contributed by atoms with Crippen LogP contribution in [0, 0.1) is 11.8 Å². The van der Waals surface area contributed by atoms with Gasteiger partial charge in [-0.2, -0.15) is 13.5 Å². The van der Waals surface area contributed by atoms with Crippen molar-refractivity contribution >= 4 is 21.9 Å². The van der Waals surface area contributed by atoms with Crippen molar-refractivity contribution in [3.8, 4) is 0 Å². The number of aryl methyl sites for hydroxylation is 1. The number of carbonyl (C=O) groups excluding carboxylic acids is 1. The number of nitrogens with one attached hydrogen (secondary N) is 2. The number of aromatic nitrogens is 2. The van der Waals surface area contributed by atoms with Gasteiger partial charge in [0.25, 0.3) is 0 Å². The fourth-order valence-corrected chi connectivity index (χ4v) is 5.67. The van der Waals surface area contributed by atoms with Crippen molar-refractivity contribution in [1.82, 2.24) is 19.8 Å². The Labute approximate surface area is 196 Å². The maximum Gasteiger partial charge on any atom is 1.00 e. The Morgan fingerprint density at radius 3 is 2.41 bits per heavy atom. The van der Waals surface area contributed by atoms with Crippen LogP contribution in [0.5, 0.6) is 0 Å². The van der Waals surface area contributed by atoms with Crippen LogP contribution < -0.4 is 43.9 Å². The maximum atomic E-state index is 13.1. The summed E-state index contributed by atoms with van der Waals surface area (Å²) < 4.78 is 36.7. The molecule has 0 aromatic carbocycles. The third kappa shape index (κ3) is 6.10. The molecule has 2 unspecified atom stereocenters. The Bertz CT molecular complexity index is 777. The molecule has 3 rings (SSSR count). The normalized spacial score (nSPS) is 25.7. The molecule has 1 aromatic heterocycles. The van der Waals surface area contributed by atoms with Crippen LogP contribution in [0.1, 0.15) is 47.4 Å². The van der Waals surface area contributed by atoms with Gasteiger partial charge in [0, 0.05) is 32.5 Å². The first kappa shape index (κ1) is 24.5. The average molecular weight is 438 g/mol. The molecule has 0 spiro atoms. The zero-order valence-corrected chi connectivity index (χ0v) is 20.6. The standard InChI is InChI=1S/C18H31N5O4S.Na.H/c1-13-5-4-6-14(2)17(13)20-18(24)21-28(25,26)23(15-7-9-27-10-8-15)16-11-19-22(3)12-16;;/h11-15,17H,4-10H2,1-3H3,(H2,20,21,24);;/q;+1;-1. The van der Waals surface area contributed by atoms with Crippen molar-refractivity contribution < 1.29 is 48.9 Å². The van der Waals surface area contributed by atoms with E-state index in [-0.39, 0.29) is 43.1 Å². The van der Waals surface area contributed by atoms with E-state index in [1.54, 1.807) is 17.9 Å². The second kappa shape index (κ2) is 10.5. The molecule has 1 aromatic rings. The van der Waals surface area contributed by atoms with Crippen LogP contribution in [0.3, 0.4) is 0 Å². The average Bonchev–Trinajstić information content (AvgIpc) is 3.04. The van der Waals surface area contributed by atoms with Crippen LogP contribution in [-0.2, 0) is 22.0 Å². The summed E-state index contributed by atoms with van der Waals surface area (Å²) in [5.74, 6) is 0.643. The molecule has 11 heteroatoms. The number of anilines is 1. The quantitative estimate of drug-likeness (QED) is 0.569. The summed E-state index contributed by atoms with van der Waals surface area (Å²) in [7, 11) is -2.36. The Morgan fingerprint density at radius 2 is 1.86 bits per heavy atom. The van der Waals surface area contributed by atoms with Crippen molar-refractivity contribution in [2.45, 2.75) is 58.0 Å². The molecule has 2 aliphatic rings. The molecule has 1 aliphatic carbocycles. The summed E-state index contributed by atoms with van der Waals surface area (Å²) in [4.78, 5) is 12.6. The first-order valence-electron chi connectivity index (χ1n) is 9.97. The van der Waals surface area contributed by atoms with Gasteiger partial charge in [-0.1, -0.05) is 20.3 Å². The maximum absolute atomic E-state index is 13.1. The Hall–Kier alpha value is -0.810. The van der Waals surface area contributed by atoms with E-state index in [4.69, 9.17) is 4.74 Å². The fraction of sp³-hybridized carbons (Fsp3) is 0.778. The summed E-state index contributed by atoms with van der Waals surface area (Å²) in [5, 5.41) is 6.98. The second-order valence-electron chi connectivity index (χ2n) is 8.00. The van der Waals surface area contributed by atoms with Crippen LogP contribution in [0.2, 0.25) is 0 Å². The predicted octanol–water partition coefficient (Wildman–Crippen LogP) is -1.11. The first-order chi connectivity index (χ1) is 13.3. The van der Waals surface area contributed by atoms with Crippen molar-refractivity contribution in [1.29, 1.82) is 0 Å². The van der Waals surface area contributed by atoms with E-state index in [0.29, 0.717) is 43.6 Å². The predicted molar refractivity (Wildman–Crippen MR) is 107 cm³/mol. The summed E-state index contributed by atoms with van der Waals surface area (Å²) in [6, 6.07) is -0.985. The third-order valence-electron chi connectivity index (χ3n) is 5.79. The minimum absolute atomic E-state index is 0. The summed E-state index contributed by atoms with van der Waals surface area (Å²) in [6.07, 6.45) is 7.47. The number of amides is 2. The van der Waals surface area contributed by atoms with Gasteiger partial charge in [0.15, 0.2) is 0 Å². The van der Waals surface area contributed by atoms with E-state index >= 15 is 0 Å². The first-order valence-corrected chi connectivity index (χ1v) is 11.4. The van der Waals surface area contributed by atoms with E-state index in [2.05, 4.69) is 29.0 Å². The van der Waals surface area contributed by atoms with E-state index in [0.717, 1.165) is 19.3 Å². The molecule has 1 saturated heterocycles. The van der Waals surface area contributed by atoms with Gasteiger partial charge < -0.3 is 11.5 Å². The van der Waals surface area contributed by atoms with E-state index in [1.165, 1.54) is 10.5 Å². The number of hydrogen-bond acceptors (Lipinski definition) is 5. The molecule has 2 N–H and O–H groups in total. The molecule has 2 fully saturated rings. The van der Waals surface area contributed by atoms with Crippen molar-refractivity contribution in [3.05, 3.63) is 12.4 Å². The van der Waals surface area contributed by atoms with Gasteiger partial charge in [-0.05, 0) is 37.5 Å². The number of rotatable bonds is 5. The molecule has 2 atom stereocenters. The minimum atomic E-state index is -4.08. The fourth-order valence-electron chi connectivity index (χ4n) is 4.30. The molecule has 2 amide bonds. The monoisotopic (exact) mass is 437 g/mol. The zero-order valence-electron chi connectivity index (χ0n) is 18.8. The van der Waals surface area contributed by atoms with Crippen molar-refractivity contribution in [2.75, 3.05) is 17.5 Å². The van der Waals surface area contributed by atoms with E-state index < -0.39 is 16.2 Å². The molecular weight excluding hydrogens is 405 g/mol. The molecular formula is C18H32N5NaO4S. The minimum Gasteiger partial charge on any atom is -1.00 e. The van der Waals surface area contributed by atoms with Crippen LogP contribution in [-0.4, -0.2) is 49.5 Å². The van der Waals surface area contributed by atoms with Crippen molar-refractivity contribution in [2.24, 2.45) is 18.9 Å². The van der Waals surface area contributed by atoms with E-state index in [9.17, 15) is 13.2 Å². The molecule has 29 heavy (non-hydrogen) atoms. The third-order valence-corrected chi connectivity index (χ3v) is 7.26. The molecule has 1 aliphatic heterocycles. The largest absolute Gasteiger partial charge is 1.00 e. The second-order valence-corrected chi connectivity index (χ2v) is 9.55. The Kier molecular flexibility index (Phi) is 8.84. The van der Waals surface area contributed by atoms with Gasteiger partial charge in [0.2, 0.25) is 0 Å². The van der Waals surface area contributed by atoms with Crippen LogP contribution in [0.15, 0.2) is 12.4 Å². The van der Waals surface area contributed by atoms with Gasteiger partial charge >= 0.3 is 45.8 Å². The van der Waals surface area contributed by atoms with Gasteiger partial charge in [-0.3, -0.25) is 4.68 Å². The SMILES string of the molecule is CC1CCCC(C)C1NC(=O)NS(=O)(=O)N(c1cnn(C)c1)C1CCOCC1.[H-].[Na+]. The number of hydrogen-bond donors (Lipinski definition) is 2. The smallest absolute Gasteiger partial charge is 1.00 e. The van der Waals surface area contributed by atoms with Gasteiger partial charge in [-0.25, -0.2) is 13.8 Å². The topological polar surface area (TPSA) is 106 Å². The van der Waals surface area contributed by atoms with Crippen LogP contribution >= 0.6 is 0 Å². The number of ether oxygens (including phenoxy) is 1. The molecule has 0 radical (unpaired) electrons. The Balaban J connectivity index is 0.00000225. The zero-order chi connectivity index (χ0) is 20.3. The Morgan fingerprint density at radius 1 is 1.24 bits per heavy atom. The number of urea groups is 1. The number of carbonyl (C=O) groups is 1. The van der Waals surface area contributed by atoms with E-state index in [1.807, 2.05) is 0 Å². The van der Waals surface area contributed by atoms with Gasteiger partial charge in [0.1, 0.15) is 0 Å². The summed E-state index contributed by atoms with van der Waals surface area (Å²) >= 11 is 0. The molecule has 1 saturated carbocycles. The molecule has 160 valence electrons. The molecule has 2 heterocycles.